The van der Waals surface area contributed by atoms with E-state index in [0.29, 0.717) is 11.7 Å². The maximum absolute atomic E-state index is 5.20. The molecule has 0 spiro atoms. The highest BCUT2D eigenvalue weighted by molar-refractivity contribution is 7.10. The van der Waals surface area contributed by atoms with Gasteiger partial charge in [0.15, 0.2) is 5.82 Å². The second-order valence-corrected chi connectivity index (χ2v) is 5.93. The van der Waals surface area contributed by atoms with Crippen LogP contribution in [0.4, 0.5) is 5.82 Å². The normalized spacial score (nSPS) is 10.8. The first-order chi connectivity index (χ1) is 10.1. The number of rotatable bonds is 4. The Hall–Kier alpha value is -2.21. The standard InChI is InChI=1S/C15H16N4OS/c1-10-5-7-21-13(10)9-19(3)14-8-12(4-6-16-14)15-17-11(2)18-20-15/h4-8H,9H2,1-3H3. The van der Waals surface area contributed by atoms with Crippen LogP contribution in [0.25, 0.3) is 11.5 Å². The third-order valence-corrected chi connectivity index (χ3v) is 4.27. The van der Waals surface area contributed by atoms with Gasteiger partial charge in [0.1, 0.15) is 5.82 Å². The Kier molecular flexibility index (Phi) is 3.70. The van der Waals surface area contributed by atoms with Crippen molar-refractivity contribution in [1.82, 2.24) is 15.1 Å². The van der Waals surface area contributed by atoms with Crippen LogP contribution in [0.2, 0.25) is 0 Å². The first-order valence-electron chi connectivity index (χ1n) is 6.64. The van der Waals surface area contributed by atoms with E-state index < -0.39 is 0 Å². The zero-order valence-corrected chi connectivity index (χ0v) is 13.0. The molecule has 0 atom stereocenters. The molecule has 0 fully saturated rings. The lowest BCUT2D eigenvalue weighted by molar-refractivity contribution is 0.425. The molecule has 0 N–H and O–H groups in total. The predicted molar refractivity (Wildman–Crippen MR) is 83.4 cm³/mol. The summed E-state index contributed by atoms with van der Waals surface area (Å²) in [5, 5.41) is 5.94. The molecule has 3 aromatic rings. The minimum Gasteiger partial charge on any atom is -0.355 e. The number of hydrogen-bond donors (Lipinski definition) is 0. The molecule has 0 saturated heterocycles. The number of nitrogens with zero attached hydrogens (tertiary/aromatic N) is 4. The molecule has 0 unspecified atom stereocenters. The summed E-state index contributed by atoms with van der Waals surface area (Å²) in [5.74, 6) is 2.04. The summed E-state index contributed by atoms with van der Waals surface area (Å²) in [6.45, 7) is 4.77. The molecule has 6 heteroatoms. The molecule has 21 heavy (non-hydrogen) atoms. The Morgan fingerprint density at radius 1 is 1.29 bits per heavy atom. The predicted octanol–water partition coefficient (Wildman–Crippen LogP) is 3.45. The number of aromatic nitrogens is 3. The van der Waals surface area contributed by atoms with Gasteiger partial charge in [-0.15, -0.1) is 11.3 Å². The molecule has 3 heterocycles. The number of anilines is 1. The van der Waals surface area contributed by atoms with Crippen molar-refractivity contribution < 1.29 is 4.52 Å². The molecule has 0 aliphatic heterocycles. The van der Waals surface area contributed by atoms with Crippen LogP contribution >= 0.6 is 11.3 Å². The van der Waals surface area contributed by atoms with Gasteiger partial charge in [0.2, 0.25) is 0 Å². The van der Waals surface area contributed by atoms with Gasteiger partial charge >= 0.3 is 0 Å². The molecule has 5 nitrogen and oxygen atoms in total. The Labute approximate surface area is 127 Å². The van der Waals surface area contributed by atoms with E-state index in [4.69, 9.17) is 4.52 Å². The Morgan fingerprint density at radius 3 is 2.81 bits per heavy atom. The third-order valence-electron chi connectivity index (χ3n) is 3.26. The molecular weight excluding hydrogens is 284 g/mol. The summed E-state index contributed by atoms with van der Waals surface area (Å²) in [5.41, 5.74) is 2.20. The summed E-state index contributed by atoms with van der Waals surface area (Å²) < 4.78 is 5.20. The molecule has 0 aliphatic rings. The Bertz CT molecular complexity index is 749. The van der Waals surface area contributed by atoms with Crippen LogP contribution in [0, 0.1) is 13.8 Å². The molecule has 0 bridgehead atoms. The van der Waals surface area contributed by atoms with Crippen LogP contribution in [0.3, 0.4) is 0 Å². The van der Waals surface area contributed by atoms with Gasteiger partial charge in [-0.3, -0.25) is 0 Å². The van der Waals surface area contributed by atoms with Gasteiger partial charge in [-0.05, 0) is 43.0 Å². The van der Waals surface area contributed by atoms with Crippen molar-refractivity contribution in [2.24, 2.45) is 0 Å². The van der Waals surface area contributed by atoms with E-state index in [9.17, 15) is 0 Å². The quantitative estimate of drug-likeness (QED) is 0.738. The Balaban J connectivity index is 1.84. The van der Waals surface area contributed by atoms with Gasteiger partial charge in [-0.1, -0.05) is 5.16 Å². The van der Waals surface area contributed by atoms with E-state index >= 15 is 0 Å². The van der Waals surface area contributed by atoms with Crippen molar-refractivity contribution in [3.05, 3.63) is 46.0 Å². The van der Waals surface area contributed by atoms with E-state index in [-0.39, 0.29) is 0 Å². The molecule has 3 rings (SSSR count). The van der Waals surface area contributed by atoms with Crippen molar-refractivity contribution >= 4 is 17.2 Å². The fourth-order valence-electron chi connectivity index (χ4n) is 2.04. The van der Waals surface area contributed by atoms with Gasteiger partial charge < -0.3 is 9.42 Å². The van der Waals surface area contributed by atoms with Crippen LogP contribution in [-0.2, 0) is 6.54 Å². The highest BCUT2D eigenvalue weighted by Gasteiger charge is 2.11. The monoisotopic (exact) mass is 300 g/mol. The van der Waals surface area contributed by atoms with Gasteiger partial charge in [0, 0.05) is 23.7 Å². The number of pyridine rings is 1. The first-order valence-corrected chi connectivity index (χ1v) is 7.52. The van der Waals surface area contributed by atoms with Gasteiger partial charge in [0.05, 0.1) is 6.54 Å². The maximum Gasteiger partial charge on any atom is 0.258 e. The summed E-state index contributed by atoms with van der Waals surface area (Å²) in [4.78, 5) is 12.1. The van der Waals surface area contributed by atoms with E-state index in [1.165, 1.54) is 10.4 Å². The summed E-state index contributed by atoms with van der Waals surface area (Å²) in [6, 6.07) is 5.98. The molecule has 0 saturated carbocycles. The average Bonchev–Trinajstić information content (AvgIpc) is 3.08. The van der Waals surface area contributed by atoms with Crippen LogP contribution in [0.1, 0.15) is 16.3 Å². The van der Waals surface area contributed by atoms with Crippen LogP contribution in [0.15, 0.2) is 34.3 Å². The van der Waals surface area contributed by atoms with Crippen LogP contribution < -0.4 is 4.90 Å². The van der Waals surface area contributed by atoms with E-state index in [2.05, 4.69) is 38.4 Å². The third kappa shape index (κ3) is 2.95. The largest absolute Gasteiger partial charge is 0.355 e. The van der Waals surface area contributed by atoms with Gasteiger partial charge in [0.25, 0.3) is 5.89 Å². The molecule has 108 valence electrons. The van der Waals surface area contributed by atoms with Crippen molar-refractivity contribution in [2.75, 3.05) is 11.9 Å². The highest BCUT2D eigenvalue weighted by atomic mass is 32.1. The van der Waals surface area contributed by atoms with Crippen molar-refractivity contribution in [2.45, 2.75) is 20.4 Å². The van der Waals surface area contributed by atoms with Gasteiger partial charge in [-0.2, -0.15) is 4.98 Å². The Morgan fingerprint density at radius 2 is 2.14 bits per heavy atom. The van der Waals surface area contributed by atoms with E-state index in [1.54, 1.807) is 24.5 Å². The number of thiophene rings is 1. The molecule has 0 amide bonds. The minimum atomic E-state index is 0.525. The summed E-state index contributed by atoms with van der Waals surface area (Å²) in [7, 11) is 2.03. The summed E-state index contributed by atoms with van der Waals surface area (Å²) >= 11 is 1.77. The number of hydrogen-bond acceptors (Lipinski definition) is 6. The highest BCUT2D eigenvalue weighted by Crippen LogP contribution is 2.23. The number of aryl methyl sites for hydroxylation is 2. The summed E-state index contributed by atoms with van der Waals surface area (Å²) in [6.07, 6.45) is 1.77. The van der Waals surface area contributed by atoms with Crippen LogP contribution in [-0.4, -0.2) is 22.2 Å². The minimum absolute atomic E-state index is 0.525. The molecule has 3 aromatic heterocycles. The first kappa shape index (κ1) is 13.8. The van der Waals surface area contributed by atoms with Gasteiger partial charge in [-0.25, -0.2) is 4.98 Å². The van der Waals surface area contributed by atoms with Crippen molar-refractivity contribution in [1.29, 1.82) is 0 Å². The molecular formula is C15H16N4OS. The lowest BCUT2D eigenvalue weighted by Crippen LogP contribution is -2.17. The molecule has 0 radical (unpaired) electrons. The molecule has 0 aliphatic carbocycles. The van der Waals surface area contributed by atoms with Crippen molar-refractivity contribution in [3.8, 4) is 11.5 Å². The average molecular weight is 300 g/mol. The zero-order valence-electron chi connectivity index (χ0n) is 12.2. The zero-order chi connectivity index (χ0) is 14.8. The smallest absolute Gasteiger partial charge is 0.258 e. The fraction of sp³-hybridized carbons (Fsp3) is 0.267. The van der Waals surface area contributed by atoms with Crippen molar-refractivity contribution in [3.63, 3.8) is 0 Å². The fourth-order valence-corrected chi connectivity index (χ4v) is 3.00. The van der Waals surface area contributed by atoms with E-state index in [0.717, 1.165) is 17.9 Å². The second kappa shape index (κ2) is 5.65. The SMILES string of the molecule is Cc1noc(-c2ccnc(N(C)Cc3sccc3C)c2)n1. The topological polar surface area (TPSA) is 55.1 Å². The second-order valence-electron chi connectivity index (χ2n) is 4.93. The van der Waals surface area contributed by atoms with Crippen LogP contribution in [0.5, 0.6) is 0 Å². The van der Waals surface area contributed by atoms with E-state index in [1.807, 2.05) is 19.2 Å². The lowest BCUT2D eigenvalue weighted by atomic mass is 10.2. The molecule has 0 aromatic carbocycles. The maximum atomic E-state index is 5.20. The lowest BCUT2D eigenvalue weighted by Gasteiger charge is -2.18.